The lowest BCUT2D eigenvalue weighted by molar-refractivity contribution is 0.669. The molecule has 0 aliphatic rings. The molecule has 2 heterocycles. The lowest BCUT2D eigenvalue weighted by Crippen LogP contribution is -2.14. The van der Waals surface area contributed by atoms with Gasteiger partial charge in [0.05, 0.1) is 12.2 Å². The third-order valence-electron chi connectivity index (χ3n) is 3.25. The standard InChI is InChI=1S/C16H24N4/c1-3-5-16-18-9-10-20(16)13-15-7-6-14(12-19-15)11-17-8-4-2/h6-7,9-10,12,17H,3-5,8,11,13H2,1-2H3. The van der Waals surface area contributed by atoms with Gasteiger partial charge in [0.25, 0.3) is 0 Å². The van der Waals surface area contributed by atoms with Gasteiger partial charge in [0, 0.05) is 31.6 Å². The zero-order valence-electron chi connectivity index (χ0n) is 12.5. The highest BCUT2D eigenvalue weighted by atomic mass is 15.1. The van der Waals surface area contributed by atoms with E-state index in [1.165, 1.54) is 5.56 Å². The third kappa shape index (κ3) is 4.17. The first-order chi connectivity index (χ1) is 9.83. The molecule has 0 saturated heterocycles. The van der Waals surface area contributed by atoms with Crippen molar-refractivity contribution in [3.05, 3.63) is 47.8 Å². The minimum atomic E-state index is 0.804. The maximum Gasteiger partial charge on any atom is 0.108 e. The average molecular weight is 272 g/mol. The fourth-order valence-corrected chi connectivity index (χ4v) is 2.17. The maximum absolute atomic E-state index is 4.54. The number of aryl methyl sites for hydroxylation is 1. The second-order valence-electron chi connectivity index (χ2n) is 5.06. The van der Waals surface area contributed by atoms with Gasteiger partial charge in [-0.2, -0.15) is 0 Å². The number of rotatable bonds is 8. The van der Waals surface area contributed by atoms with E-state index < -0.39 is 0 Å². The average Bonchev–Trinajstić information content (AvgIpc) is 2.89. The second kappa shape index (κ2) is 7.80. The summed E-state index contributed by atoms with van der Waals surface area (Å²) in [5.74, 6) is 1.14. The van der Waals surface area contributed by atoms with Crippen LogP contribution in [0.3, 0.4) is 0 Å². The van der Waals surface area contributed by atoms with E-state index in [1.54, 1.807) is 0 Å². The number of hydrogen-bond donors (Lipinski definition) is 1. The molecule has 0 saturated carbocycles. The fraction of sp³-hybridized carbons (Fsp3) is 0.500. The molecule has 0 bridgehead atoms. The van der Waals surface area contributed by atoms with Crippen LogP contribution in [0.4, 0.5) is 0 Å². The Morgan fingerprint density at radius 1 is 1.15 bits per heavy atom. The predicted octanol–water partition coefficient (Wildman–Crippen LogP) is 2.78. The van der Waals surface area contributed by atoms with Crippen molar-refractivity contribution in [2.75, 3.05) is 6.54 Å². The number of imidazole rings is 1. The zero-order valence-corrected chi connectivity index (χ0v) is 12.5. The van der Waals surface area contributed by atoms with Crippen LogP contribution >= 0.6 is 0 Å². The highest BCUT2D eigenvalue weighted by Gasteiger charge is 2.03. The van der Waals surface area contributed by atoms with Crippen LogP contribution in [-0.4, -0.2) is 21.1 Å². The van der Waals surface area contributed by atoms with Crippen molar-refractivity contribution in [3.8, 4) is 0 Å². The van der Waals surface area contributed by atoms with Crippen molar-refractivity contribution in [1.29, 1.82) is 0 Å². The summed E-state index contributed by atoms with van der Waals surface area (Å²) in [6.45, 7) is 7.10. The van der Waals surface area contributed by atoms with Gasteiger partial charge in [-0.25, -0.2) is 4.98 Å². The van der Waals surface area contributed by atoms with Gasteiger partial charge in [0.15, 0.2) is 0 Å². The van der Waals surface area contributed by atoms with E-state index in [4.69, 9.17) is 0 Å². The lowest BCUT2D eigenvalue weighted by atomic mass is 10.2. The van der Waals surface area contributed by atoms with Crippen molar-refractivity contribution in [1.82, 2.24) is 19.9 Å². The quantitative estimate of drug-likeness (QED) is 0.751. The first-order valence-electron chi connectivity index (χ1n) is 7.48. The third-order valence-corrected chi connectivity index (χ3v) is 3.25. The van der Waals surface area contributed by atoms with Crippen LogP contribution in [0, 0.1) is 0 Å². The van der Waals surface area contributed by atoms with E-state index in [1.807, 2.05) is 18.6 Å². The summed E-state index contributed by atoms with van der Waals surface area (Å²) < 4.78 is 2.18. The Labute approximate surface area is 121 Å². The van der Waals surface area contributed by atoms with Gasteiger partial charge in [-0.3, -0.25) is 4.98 Å². The molecule has 2 aromatic heterocycles. The zero-order chi connectivity index (χ0) is 14.2. The minimum absolute atomic E-state index is 0.804. The molecule has 2 aromatic rings. The smallest absolute Gasteiger partial charge is 0.108 e. The molecule has 0 fully saturated rings. The van der Waals surface area contributed by atoms with Crippen LogP contribution in [0.1, 0.15) is 43.8 Å². The van der Waals surface area contributed by atoms with Crippen LogP contribution in [-0.2, 0) is 19.5 Å². The Hall–Kier alpha value is -1.68. The summed E-state index contributed by atoms with van der Waals surface area (Å²) in [6.07, 6.45) is 9.16. The minimum Gasteiger partial charge on any atom is -0.329 e. The van der Waals surface area contributed by atoms with Crippen molar-refractivity contribution in [3.63, 3.8) is 0 Å². The molecular formula is C16H24N4. The van der Waals surface area contributed by atoms with Crippen LogP contribution in [0.25, 0.3) is 0 Å². The van der Waals surface area contributed by atoms with E-state index in [9.17, 15) is 0 Å². The van der Waals surface area contributed by atoms with E-state index in [0.717, 1.165) is 50.4 Å². The molecule has 0 aliphatic heterocycles. The Morgan fingerprint density at radius 2 is 2.05 bits per heavy atom. The predicted molar refractivity (Wildman–Crippen MR) is 81.6 cm³/mol. The molecule has 108 valence electrons. The first-order valence-corrected chi connectivity index (χ1v) is 7.48. The first kappa shape index (κ1) is 14.7. The molecule has 0 spiro atoms. The van der Waals surface area contributed by atoms with Crippen molar-refractivity contribution >= 4 is 0 Å². The molecular weight excluding hydrogens is 248 g/mol. The van der Waals surface area contributed by atoms with E-state index >= 15 is 0 Å². The molecule has 0 aliphatic carbocycles. The Morgan fingerprint density at radius 3 is 2.75 bits per heavy atom. The van der Waals surface area contributed by atoms with Gasteiger partial charge in [0.1, 0.15) is 5.82 Å². The van der Waals surface area contributed by atoms with E-state index in [-0.39, 0.29) is 0 Å². The normalized spacial score (nSPS) is 10.9. The van der Waals surface area contributed by atoms with Crippen molar-refractivity contribution in [2.24, 2.45) is 0 Å². The molecule has 0 unspecified atom stereocenters. The van der Waals surface area contributed by atoms with Crippen molar-refractivity contribution < 1.29 is 0 Å². The summed E-state index contributed by atoms with van der Waals surface area (Å²) in [4.78, 5) is 8.94. The fourth-order valence-electron chi connectivity index (χ4n) is 2.17. The second-order valence-corrected chi connectivity index (χ2v) is 5.06. The number of aromatic nitrogens is 3. The molecule has 4 nitrogen and oxygen atoms in total. The van der Waals surface area contributed by atoms with Crippen LogP contribution < -0.4 is 5.32 Å². The molecule has 0 radical (unpaired) electrons. The van der Waals surface area contributed by atoms with E-state index in [2.05, 4.69) is 45.8 Å². The lowest BCUT2D eigenvalue weighted by Gasteiger charge is -2.08. The SMILES string of the molecule is CCCNCc1ccc(Cn2ccnc2CCC)nc1. The Balaban J connectivity index is 1.94. The van der Waals surface area contributed by atoms with Crippen LogP contribution in [0.2, 0.25) is 0 Å². The van der Waals surface area contributed by atoms with Gasteiger partial charge >= 0.3 is 0 Å². The summed E-state index contributed by atoms with van der Waals surface area (Å²) in [7, 11) is 0. The van der Waals surface area contributed by atoms with E-state index in [0.29, 0.717) is 0 Å². The summed E-state index contributed by atoms with van der Waals surface area (Å²) in [6, 6.07) is 4.26. The Kier molecular flexibility index (Phi) is 5.74. The number of hydrogen-bond acceptors (Lipinski definition) is 3. The van der Waals surface area contributed by atoms with Gasteiger partial charge in [0.2, 0.25) is 0 Å². The van der Waals surface area contributed by atoms with Gasteiger partial charge in [-0.05, 0) is 31.0 Å². The Bertz CT molecular complexity index is 501. The summed E-state index contributed by atoms with van der Waals surface area (Å²) in [5.41, 5.74) is 2.32. The highest BCUT2D eigenvalue weighted by Crippen LogP contribution is 2.07. The van der Waals surface area contributed by atoms with Gasteiger partial charge in [-0.15, -0.1) is 0 Å². The molecule has 4 heteroatoms. The molecule has 20 heavy (non-hydrogen) atoms. The monoisotopic (exact) mass is 272 g/mol. The number of pyridine rings is 1. The van der Waals surface area contributed by atoms with Gasteiger partial charge < -0.3 is 9.88 Å². The molecule has 2 rings (SSSR count). The van der Waals surface area contributed by atoms with Crippen molar-refractivity contribution in [2.45, 2.75) is 46.2 Å². The molecule has 0 atom stereocenters. The molecule has 1 N–H and O–H groups in total. The maximum atomic E-state index is 4.54. The molecule has 0 aromatic carbocycles. The number of nitrogens with zero attached hydrogens (tertiary/aromatic N) is 3. The largest absolute Gasteiger partial charge is 0.329 e. The highest BCUT2D eigenvalue weighted by molar-refractivity contribution is 5.14. The summed E-state index contributed by atoms with van der Waals surface area (Å²) in [5, 5.41) is 3.39. The van der Waals surface area contributed by atoms with Crippen LogP contribution in [0.15, 0.2) is 30.7 Å². The number of nitrogens with one attached hydrogen (secondary N) is 1. The van der Waals surface area contributed by atoms with Gasteiger partial charge in [-0.1, -0.05) is 19.9 Å². The molecule has 0 amide bonds. The van der Waals surface area contributed by atoms with Crippen LogP contribution in [0.5, 0.6) is 0 Å². The topological polar surface area (TPSA) is 42.7 Å². The summed E-state index contributed by atoms with van der Waals surface area (Å²) >= 11 is 0.